The number of hydrogen-bond donors (Lipinski definition) is 2. The van der Waals surface area contributed by atoms with E-state index in [1.807, 2.05) is 0 Å². The second-order valence-electron chi connectivity index (χ2n) is 14.1. The van der Waals surface area contributed by atoms with E-state index in [9.17, 15) is 29.1 Å². The Morgan fingerprint density at radius 1 is 0.630 bits per heavy atom. The number of aliphatic hydroxyl groups is 1. The van der Waals surface area contributed by atoms with Crippen LogP contribution in [0.1, 0.15) is 62.3 Å². The Labute approximate surface area is 274 Å². The average molecular weight is 651 g/mol. The van der Waals surface area contributed by atoms with E-state index < -0.39 is 59.5 Å². The fourth-order valence-electron chi connectivity index (χ4n) is 4.33. The quantitative estimate of drug-likeness (QED) is 0.436. The fourth-order valence-corrected chi connectivity index (χ4v) is 4.33. The smallest absolute Gasteiger partial charge is 0.410 e. The van der Waals surface area contributed by atoms with Crippen LogP contribution in [0.25, 0.3) is 0 Å². The summed E-state index contributed by atoms with van der Waals surface area (Å²) < 4.78 is 16.8. The standard InChI is InChI=1S/C32H52N5O9/c1-30(2,3)44-27(41)35-16-14-34(26(40)24(22-38)33-25(39)23-12-10-11-13-23)15-17-36(28(42)45-31(4,5)6)19-21-37(20-18-35)29(43)46-32(7,8)9/h10-13,24,38H,14-22H2,1-9H3,(H,33,39). The lowest BCUT2D eigenvalue weighted by atomic mass is 10.1. The van der Waals surface area contributed by atoms with Crippen molar-refractivity contribution in [1.82, 2.24) is 24.9 Å². The first-order chi connectivity index (χ1) is 21.2. The Kier molecular flexibility index (Phi) is 14.0. The maximum atomic E-state index is 13.7. The molecular weight excluding hydrogens is 598 g/mol. The monoisotopic (exact) mass is 650 g/mol. The Balaban J connectivity index is 2.40. The van der Waals surface area contributed by atoms with Crippen LogP contribution in [0.15, 0.2) is 0 Å². The van der Waals surface area contributed by atoms with Crippen molar-refractivity contribution in [3.05, 3.63) is 31.6 Å². The van der Waals surface area contributed by atoms with E-state index in [-0.39, 0.29) is 52.4 Å². The van der Waals surface area contributed by atoms with Crippen LogP contribution in [0.3, 0.4) is 0 Å². The molecule has 5 amide bonds. The molecule has 1 atom stereocenters. The van der Waals surface area contributed by atoms with E-state index in [4.69, 9.17) is 14.2 Å². The van der Waals surface area contributed by atoms with Crippen LogP contribution in [-0.2, 0) is 23.8 Å². The largest absolute Gasteiger partial charge is 0.444 e. The van der Waals surface area contributed by atoms with Gasteiger partial charge in [0, 0.05) is 52.4 Å². The van der Waals surface area contributed by atoms with Gasteiger partial charge in [-0.1, -0.05) is 0 Å². The van der Waals surface area contributed by atoms with Gasteiger partial charge in [0.1, 0.15) is 22.8 Å². The van der Waals surface area contributed by atoms with Gasteiger partial charge in [-0.3, -0.25) is 9.59 Å². The third-order valence-corrected chi connectivity index (χ3v) is 6.54. The van der Waals surface area contributed by atoms with Crippen molar-refractivity contribution in [2.45, 2.75) is 85.2 Å². The van der Waals surface area contributed by atoms with E-state index in [0.717, 1.165) is 0 Å². The molecule has 1 saturated carbocycles. The van der Waals surface area contributed by atoms with Crippen molar-refractivity contribution in [1.29, 1.82) is 0 Å². The van der Waals surface area contributed by atoms with Gasteiger partial charge in [0.05, 0.1) is 12.5 Å². The van der Waals surface area contributed by atoms with E-state index in [2.05, 4.69) is 5.32 Å². The summed E-state index contributed by atoms with van der Waals surface area (Å²) in [5.74, 6) is -0.787. The number of rotatable bonds is 4. The molecule has 0 aromatic carbocycles. The normalized spacial score (nSPS) is 18.7. The van der Waals surface area contributed by atoms with E-state index in [1.54, 1.807) is 88.0 Å². The Morgan fingerprint density at radius 2 is 0.935 bits per heavy atom. The molecule has 2 N–H and O–H groups in total. The number of ether oxygens (including phenoxy) is 3. The summed E-state index contributed by atoms with van der Waals surface area (Å²) in [6.07, 6.45) is 4.65. The van der Waals surface area contributed by atoms with Crippen molar-refractivity contribution >= 4 is 30.1 Å². The SMILES string of the molecule is CC(C)(C)OC(=O)N1CCN(C(=O)OC(C)(C)C)CCN(C(=O)C(CO)NC(=O)[C]2[CH][CH][CH][CH]2)CCN(C(=O)OC(C)(C)C)CC1. The topological polar surface area (TPSA) is 158 Å². The molecule has 259 valence electrons. The second-order valence-corrected chi connectivity index (χ2v) is 14.1. The first kappa shape index (κ1) is 38.9. The highest BCUT2D eigenvalue weighted by Crippen LogP contribution is 2.23. The van der Waals surface area contributed by atoms with Crippen LogP contribution in [0, 0.1) is 31.6 Å². The van der Waals surface area contributed by atoms with Crippen LogP contribution in [0.4, 0.5) is 14.4 Å². The number of nitrogens with one attached hydrogen (secondary N) is 1. The lowest BCUT2D eigenvalue weighted by Crippen LogP contribution is -2.56. The number of carbonyl (C=O) groups is 5. The first-order valence-electron chi connectivity index (χ1n) is 15.5. The molecular formula is C32H52N5O9. The summed E-state index contributed by atoms with van der Waals surface area (Å²) in [6.45, 7) is 15.1. The predicted molar refractivity (Wildman–Crippen MR) is 169 cm³/mol. The lowest BCUT2D eigenvalue weighted by molar-refractivity contribution is -0.137. The molecule has 46 heavy (non-hydrogen) atoms. The van der Waals surface area contributed by atoms with Gasteiger partial charge in [0.15, 0.2) is 0 Å². The third-order valence-electron chi connectivity index (χ3n) is 6.54. The zero-order valence-electron chi connectivity index (χ0n) is 28.8. The minimum atomic E-state index is -1.28. The van der Waals surface area contributed by atoms with Crippen molar-refractivity contribution in [2.75, 3.05) is 59.0 Å². The zero-order valence-corrected chi connectivity index (χ0v) is 28.8. The molecule has 1 aliphatic carbocycles. The molecule has 1 unspecified atom stereocenters. The fraction of sp³-hybridized carbons (Fsp3) is 0.688. The highest BCUT2D eigenvalue weighted by Gasteiger charge is 2.34. The molecule has 0 bridgehead atoms. The molecule has 2 aliphatic rings. The van der Waals surface area contributed by atoms with Gasteiger partial charge in [-0.15, -0.1) is 0 Å². The number of carbonyl (C=O) groups excluding carboxylic acids is 5. The molecule has 1 saturated heterocycles. The van der Waals surface area contributed by atoms with Gasteiger partial charge in [-0.25, -0.2) is 14.4 Å². The molecule has 0 spiro atoms. The Bertz CT molecular complexity index is 1010. The number of amides is 5. The molecule has 1 heterocycles. The van der Waals surface area contributed by atoms with Crippen molar-refractivity contribution in [3.8, 4) is 0 Å². The van der Waals surface area contributed by atoms with E-state index in [1.165, 1.54) is 19.6 Å². The summed E-state index contributed by atoms with van der Waals surface area (Å²) in [7, 11) is 0. The summed E-state index contributed by atoms with van der Waals surface area (Å²) in [6, 6.07) is -1.28. The Hall–Kier alpha value is -3.29. The molecule has 14 nitrogen and oxygen atoms in total. The molecule has 14 heteroatoms. The van der Waals surface area contributed by atoms with Crippen LogP contribution in [-0.4, -0.2) is 137 Å². The molecule has 2 fully saturated rings. The summed E-state index contributed by atoms with van der Waals surface area (Å²) in [4.78, 5) is 71.8. The Morgan fingerprint density at radius 3 is 1.22 bits per heavy atom. The van der Waals surface area contributed by atoms with Crippen molar-refractivity contribution < 1.29 is 43.3 Å². The molecule has 5 radical (unpaired) electrons. The first-order valence-corrected chi connectivity index (χ1v) is 15.5. The predicted octanol–water partition coefficient (Wildman–Crippen LogP) is 2.42. The van der Waals surface area contributed by atoms with Crippen LogP contribution in [0.5, 0.6) is 0 Å². The van der Waals surface area contributed by atoms with Crippen molar-refractivity contribution in [3.63, 3.8) is 0 Å². The highest BCUT2D eigenvalue weighted by molar-refractivity contribution is 5.98. The molecule has 0 aromatic rings. The van der Waals surface area contributed by atoms with Crippen molar-refractivity contribution in [2.24, 2.45) is 0 Å². The maximum absolute atomic E-state index is 13.7. The zero-order chi connectivity index (χ0) is 34.9. The average Bonchev–Trinajstić information content (AvgIpc) is 3.44. The lowest BCUT2D eigenvalue weighted by Gasteiger charge is -2.36. The minimum absolute atomic E-state index is 0.00416. The number of hydrogen-bond acceptors (Lipinski definition) is 9. The van der Waals surface area contributed by atoms with Gasteiger partial charge >= 0.3 is 18.3 Å². The molecule has 1 aliphatic heterocycles. The van der Waals surface area contributed by atoms with Crippen LogP contribution >= 0.6 is 0 Å². The van der Waals surface area contributed by atoms with E-state index >= 15 is 0 Å². The van der Waals surface area contributed by atoms with Crippen LogP contribution < -0.4 is 5.32 Å². The summed E-state index contributed by atoms with van der Waals surface area (Å²) in [5.41, 5.74) is -2.39. The van der Waals surface area contributed by atoms with Gasteiger partial charge < -0.3 is 44.2 Å². The molecule has 2 rings (SSSR count). The molecule has 0 aromatic heterocycles. The highest BCUT2D eigenvalue weighted by atomic mass is 16.6. The maximum Gasteiger partial charge on any atom is 0.410 e. The minimum Gasteiger partial charge on any atom is -0.444 e. The van der Waals surface area contributed by atoms with Gasteiger partial charge in [-0.2, -0.15) is 0 Å². The van der Waals surface area contributed by atoms with Gasteiger partial charge in [0.25, 0.3) is 0 Å². The second kappa shape index (κ2) is 16.5. The summed E-state index contributed by atoms with van der Waals surface area (Å²) >= 11 is 0. The van der Waals surface area contributed by atoms with Gasteiger partial charge in [-0.05, 0) is 88.0 Å². The third kappa shape index (κ3) is 13.6. The van der Waals surface area contributed by atoms with Crippen LogP contribution in [0.2, 0.25) is 0 Å². The summed E-state index contributed by atoms with van der Waals surface area (Å²) in [5, 5.41) is 12.7. The number of aliphatic hydroxyl groups excluding tert-OH is 1. The number of nitrogens with zero attached hydrogens (tertiary/aromatic N) is 4. The van der Waals surface area contributed by atoms with Gasteiger partial charge in [0.2, 0.25) is 11.8 Å². The van der Waals surface area contributed by atoms with E-state index in [0.29, 0.717) is 5.92 Å².